The van der Waals surface area contributed by atoms with Crippen LogP contribution in [-0.4, -0.2) is 18.0 Å². The SMILES string of the molecule is Nc1cccc(NC(=O)C(F)(F)C(F)(F)F)c1.[Fe]. The Labute approximate surface area is 109 Å². The number of nitrogen functional groups attached to an aromatic ring is 1. The van der Waals surface area contributed by atoms with E-state index in [9.17, 15) is 26.7 Å². The van der Waals surface area contributed by atoms with E-state index in [4.69, 9.17) is 5.73 Å². The molecule has 102 valence electrons. The summed E-state index contributed by atoms with van der Waals surface area (Å²) in [4.78, 5) is 10.8. The number of anilines is 2. The van der Waals surface area contributed by atoms with Crippen molar-refractivity contribution in [2.75, 3.05) is 11.1 Å². The van der Waals surface area contributed by atoms with Crippen LogP contribution in [0.4, 0.5) is 33.3 Å². The molecule has 0 radical (unpaired) electrons. The van der Waals surface area contributed by atoms with Crippen LogP contribution >= 0.6 is 0 Å². The number of hydrogen-bond donors (Lipinski definition) is 2. The molecule has 0 aliphatic rings. The molecule has 1 amide bonds. The minimum atomic E-state index is -5.93. The summed E-state index contributed by atoms with van der Waals surface area (Å²) in [6.45, 7) is 0. The molecule has 0 saturated carbocycles. The largest absolute Gasteiger partial charge is 0.463 e. The average molecular weight is 310 g/mol. The molecule has 0 atom stereocenters. The number of rotatable bonds is 2. The topological polar surface area (TPSA) is 55.1 Å². The number of alkyl halides is 5. The molecule has 0 fully saturated rings. The Balaban J connectivity index is 0.00000289. The zero-order chi connectivity index (χ0) is 13.3. The van der Waals surface area contributed by atoms with E-state index >= 15 is 0 Å². The van der Waals surface area contributed by atoms with Gasteiger partial charge in [-0.25, -0.2) is 0 Å². The molecule has 0 heterocycles. The third-order valence-corrected chi connectivity index (χ3v) is 1.79. The van der Waals surface area contributed by atoms with Crippen LogP contribution in [0.1, 0.15) is 0 Å². The second kappa shape index (κ2) is 5.53. The van der Waals surface area contributed by atoms with Gasteiger partial charge in [0.15, 0.2) is 0 Å². The second-order valence-electron chi connectivity index (χ2n) is 3.15. The Morgan fingerprint density at radius 2 is 1.72 bits per heavy atom. The Bertz CT molecular complexity index is 435. The second-order valence-corrected chi connectivity index (χ2v) is 3.15. The van der Waals surface area contributed by atoms with Crippen LogP contribution in [0.5, 0.6) is 0 Å². The molecule has 1 aromatic carbocycles. The molecule has 9 heteroatoms. The van der Waals surface area contributed by atoms with Crippen LogP contribution < -0.4 is 11.1 Å². The fourth-order valence-electron chi connectivity index (χ4n) is 0.955. The third kappa shape index (κ3) is 3.58. The number of benzene rings is 1. The molecule has 0 spiro atoms. The van der Waals surface area contributed by atoms with E-state index in [1.54, 1.807) is 0 Å². The van der Waals surface area contributed by atoms with Gasteiger partial charge in [0.05, 0.1) is 0 Å². The number of nitrogens with two attached hydrogens (primary N) is 1. The Kier molecular flexibility index (Phi) is 5.12. The standard InChI is InChI=1S/C9H7F5N2O.Fe/c10-8(11,9(12,13)14)7(17)16-6-3-1-2-5(15)4-6;/h1-4H,15H2,(H,16,17);. The minimum Gasteiger partial charge on any atom is -0.399 e. The molecule has 3 N–H and O–H groups in total. The molecule has 0 aromatic heterocycles. The maximum absolute atomic E-state index is 12.5. The van der Waals surface area contributed by atoms with Gasteiger partial charge in [-0.15, -0.1) is 0 Å². The monoisotopic (exact) mass is 310 g/mol. The van der Waals surface area contributed by atoms with Gasteiger partial charge in [-0.3, -0.25) is 4.79 Å². The molecule has 18 heavy (non-hydrogen) atoms. The third-order valence-electron chi connectivity index (χ3n) is 1.79. The number of carbonyl (C=O) groups excluding carboxylic acids is 1. The van der Waals surface area contributed by atoms with Crippen molar-refractivity contribution in [3.63, 3.8) is 0 Å². The van der Waals surface area contributed by atoms with Gasteiger partial charge in [0, 0.05) is 28.4 Å². The van der Waals surface area contributed by atoms with E-state index in [1.807, 2.05) is 0 Å². The first-order valence-corrected chi connectivity index (χ1v) is 4.26. The van der Waals surface area contributed by atoms with Crippen LogP contribution in [-0.2, 0) is 21.9 Å². The smallest absolute Gasteiger partial charge is 0.399 e. The predicted octanol–water partition coefficient (Wildman–Crippen LogP) is 2.40. The van der Waals surface area contributed by atoms with Gasteiger partial charge in [-0.05, 0) is 18.2 Å². The maximum Gasteiger partial charge on any atom is 0.463 e. The zero-order valence-corrected chi connectivity index (χ0v) is 9.64. The fraction of sp³-hybridized carbons (Fsp3) is 0.222. The summed E-state index contributed by atoms with van der Waals surface area (Å²) in [5.41, 5.74) is 5.15. The quantitative estimate of drug-likeness (QED) is 0.501. The van der Waals surface area contributed by atoms with Crippen LogP contribution in [0.3, 0.4) is 0 Å². The number of hydrogen-bond acceptors (Lipinski definition) is 2. The van der Waals surface area contributed by atoms with Crippen molar-refractivity contribution in [1.82, 2.24) is 0 Å². The zero-order valence-electron chi connectivity index (χ0n) is 8.54. The van der Waals surface area contributed by atoms with Crippen molar-refractivity contribution in [2.24, 2.45) is 0 Å². The number of amides is 1. The molecule has 1 rings (SSSR count). The summed E-state index contributed by atoms with van der Waals surface area (Å²) in [6.07, 6.45) is -5.93. The summed E-state index contributed by atoms with van der Waals surface area (Å²) in [5.74, 6) is -7.90. The van der Waals surface area contributed by atoms with Crippen molar-refractivity contribution in [2.45, 2.75) is 12.1 Å². The van der Waals surface area contributed by atoms with Crippen molar-refractivity contribution >= 4 is 17.3 Å². The molecule has 0 bridgehead atoms. The van der Waals surface area contributed by atoms with E-state index in [1.165, 1.54) is 17.4 Å². The summed E-state index contributed by atoms with van der Waals surface area (Å²) >= 11 is 0. The molecule has 0 aliphatic heterocycles. The van der Waals surface area contributed by atoms with Gasteiger partial charge in [0.1, 0.15) is 0 Å². The molecular formula is C9H7F5FeN2O. The van der Waals surface area contributed by atoms with Gasteiger partial charge in [-0.2, -0.15) is 22.0 Å². The minimum absolute atomic E-state index is 0. The number of halogens is 5. The summed E-state index contributed by atoms with van der Waals surface area (Å²) in [6, 6.07) is 4.89. The van der Waals surface area contributed by atoms with Crippen LogP contribution in [0, 0.1) is 0 Å². The number of carbonyl (C=O) groups is 1. The van der Waals surface area contributed by atoms with Crippen LogP contribution in [0.15, 0.2) is 24.3 Å². The van der Waals surface area contributed by atoms with Crippen LogP contribution in [0.25, 0.3) is 0 Å². The maximum atomic E-state index is 12.5. The average Bonchev–Trinajstić information content (AvgIpc) is 2.15. The van der Waals surface area contributed by atoms with E-state index in [-0.39, 0.29) is 28.4 Å². The summed E-state index contributed by atoms with van der Waals surface area (Å²) in [7, 11) is 0. The van der Waals surface area contributed by atoms with E-state index in [0.717, 1.165) is 12.1 Å². The first kappa shape index (κ1) is 16.7. The fourth-order valence-corrected chi connectivity index (χ4v) is 0.955. The Hall–Kier alpha value is -1.34. The van der Waals surface area contributed by atoms with Gasteiger partial charge in [-0.1, -0.05) is 6.07 Å². The molecule has 0 unspecified atom stereocenters. The molecule has 3 nitrogen and oxygen atoms in total. The summed E-state index contributed by atoms with van der Waals surface area (Å²) in [5, 5.41) is 1.44. The molecule has 1 aromatic rings. The van der Waals surface area contributed by atoms with Crippen molar-refractivity contribution in [1.29, 1.82) is 0 Å². The predicted molar refractivity (Wildman–Crippen MR) is 50.5 cm³/mol. The van der Waals surface area contributed by atoms with E-state index in [0.29, 0.717) is 0 Å². The van der Waals surface area contributed by atoms with Gasteiger partial charge >= 0.3 is 18.0 Å². The molecule has 0 aliphatic carbocycles. The Morgan fingerprint density at radius 3 is 2.17 bits per heavy atom. The van der Waals surface area contributed by atoms with E-state index < -0.39 is 18.0 Å². The molecule has 0 saturated heterocycles. The summed E-state index contributed by atoms with van der Waals surface area (Å²) < 4.78 is 60.6. The normalized spacial score (nSPS) is 11.6. The Morgan fingerprint density at radius 1 is 1.17 bits per heavy atom. The first-order valence-electron chi connectivity index (χ1n) is 4.26. The molecular weight excluding hydrogens is 303 g/mol. The van der Waals surface area contributed by atoms with Crippen LogP contribution in [0.2, 0.25) is 0 Å². The van der Waals surface area contributed by atoms with Gasteiger partial charge in [0.2, 0.25) is 0 Å². The number of nitrogens with one attached hydrogen (secondary N) is 1. The van der Waals surface area contributed by atoms with Gasteiger partial charge < -0.3 is 11.1 Å². The van der Waals surface area contributed by atoms with Gasteiger partial charge in [0.25, 0.3) is 0 Å². The van der Waals surface area contributed by atoms with Crippen molar-refractivity contribution < 1.29 is 43.8 Å². The first-order chi connectivity index (χ1) is 7.64. The van der Waals surface area contributed by atoms with Crippen molar-refractivity contribution in [3.05, 3.63) is 24.3 Å². The van der Waals surface area contributed by atoms with Crippen molar-refractivity contribution in [3.8, 4) is 0 Å². The van der Waals surface area contributed by atoms with E-state index in [2.05, 4.69) is 0 Å².